The van der Waals surface area contributed by atoms with Gasteiger partial charge in [0.1, 0.15) is 0 Å². The Balaban J connectivity index is 2.07. The van der Waals surface area contributed by atoms with Gasteiger partial charge in [-0.1, -0.05) is 32.0 Å². The Hall–Kier alpha value is -2.41. The minimum atomic E-state index is -3.49. The fourth-order valence-corrected chi connectivity index (χ4v) is 3.61. The zero-order valence-corrected chi connectivity index (χ0v) is 16.2. The van der Waals surface area contributed by atoms with Crippen LogP contribution in [0.15, 0.2) is 48.8 Å². The molecule has 0 aliphatic carbocycles. The van der Waals surface area contributed by atoms with Crippen LogP contribution in [0.1, 0.15) is 37.3 Å². The smallest absolute Gasteiger partial charge is 0.232 e. The number of hydrogen-bond acceptors (Lipinski definition) is 4. The monoisotopic (exact) mass is 375 g/mol. The largest absolute Gasteiger partial charge is 0.352 e. The predicted octanol–water partition coefficient (Wildman–Crippen LogP) is 2.68. The van der Waals surface area contributed by atoms with Crippen molar-refractivity contribution >= 4 is 21.6 Å². The molecule has 0 unspecified atom stereocenters. The average molecular weight is 375 g/mol. The van der Waals surface area contributed by atoms with Crippen molar-refractivity contribution < 1.29 is 13.2 Å². The van der Waals surface area contributed by atoms with E-state index in [2.05, 4.69) is 10.3 Å². The molecule has 1 amide bonds. The molecule has 0 fully saturated rings. The van der Waals surface area contributed by atoms with Crippen molar-refractivity contribution in [1.29, 1.82) is 0 Å². The van der Waals surface area contributed by atoms with E-state index in [-0.39, 0.29) is 24.8 Å². The third-order valence-corrected chi connectivity index (χ3v) is 5.19. The van der Waals surface area contributed by atoms with Crippen LogP contribution >= 0.6 is 0 Å². The maximum Gasteiger partial charge on any atom is 0.232 e. The Morgan fingerprint density at radius 1 is 1.15 bits per heavy atom. The van der Waals surface area contributed by atoms with E-state index in [1.54, 1.807) is 18.5 Å². The summed E-state index contributed by atoms with van der Waals surface area (Å²) in [5.74, 6) is -0.0199. The second-order valence-corrected chi connectivity index (χ2v) is 8.34. The second-order valence-electron chi connectivity index (χ2n) is 6.43. The lowest BCUT2D eigenvalue weighted by Gasteiger charge is -2.26. The van der Waals surface area contributed by atoms with Gasteiger partial charge in [0.25, 0.3) is 0 Å². The molecule has 1 aromatic heterocycles. The van der Waals surface area contributed by atoms with Crippen molar-refractivity contribution in [3.05, 3.63) is 59.9 Å². The molecule has 1 N–H and O–H groups in total. The second kappa shape index (κ2) is 8.80. The summed E-state index contributed by atoms with van der Waals surface area (Å²) < 4.78 is 25.9. The Morgan fingerprint density at radius 3 is 2.42 bits per heavy atom. The number of para-hydroxylation sites is 1. The van der Waals surface area contributed by atoms with Gasteiger partial charge in [-0.05, 0) is 35.2 Å². The Morgan fingerprint density at radius 2 is 1.81 bits per heavy atom. The van der Waals surface area contributed by atoms with Gasteiger partial charge in [-0.3, -0.25) is 14.1 Å². The number of anilines is 1. The van der Waals surface area contributed by atoms with Crippen molar-refractivity contribution in [2.24, 2.45) is 0 Å². The van der Waals surface area contributed by atoms with Crippen LogP contribution in [-0.2, 0) is 21.4 Å². The van der Waals surface area contributed by atoms with Crippen molar-refractivity contribution in [2.45, 2.75) is 32.7 Å². The molecular formula is C19H25N3O3S. The summed E-state index contributed by atoms with van der Waals surface area (Å²) in [6.45, 7) is 4.52. The van der Waals surface area contributed by atoms with Crippen molar-refractivity contribution in [2.75, 3.05) is 17.1 Å². The molecule has 2 rings (SSSR count). The average Bonchev–Trinajstić information content (AvgIpc) is 2.60. The maximum absolute atomic E-state index is 12.3. The van der Waals surface area contributed by atoms with Gasteiger partial charge in [-0.15, -0.1) is 0 Å². The molecule has 6 nitrogen and oxygen atoms in total. The van der Waals surface area contributed by atoms with Gasteiger partial charge >= 0.3 is 0 Å². The van der Waals surface area contributed by atoms with Crippen LogP contribution in [0.3, 0.4) is 0 Å². The van der Waals surface area contributed by atoms with Gasteiger partial charge in [0.15, 0.2) is 0 Å². The number of benzene rings is 1. The molecule has 1 aromatic carbocycles. The number of carbonyl (C=O) groups is 1. The first kappa shape index (κ1) is 19.9. The molecule has 0 saturated carbocycles. The number of nitrogens with one attached hydrogen (secondary N) is 1. The van der Waals surface area contributed by atoms with E-state index in [1.165, 1.54) is 10.6 Å². The van der Waals surface area contributed by atoms with E-state index in [0.29, 0.717) is 12.2 Å². The van der Waals surface area contributed by atoms with E-state index in [0.717, 1.165) is 11.1 Å². The number of sulfonamides is 1. The minimum Gasteiger partial charge on any atom is -0.352 e. The topological polar surface area (TPSA) is 79.4 Å². The molecule has 0 bridgehead atoms. The number of amides is 1. The highest BCUT2D eigenvalue weighted by Crippen LogP contribution is 2.29. The summed E-state index contributed by atoms with van der Waals surface area (Å²) in [6.07, 6.45) is 4.58. The van der Waals surface area contributed by atoms with E-state index >= 15 is 0 Å². The molecule has 0 spiro atoms. The summed E-state index contributed by atoms with van der Waals surface area (Å²) in [6, 6.07) is 11.0. The van der Waals surface area contributed by atoms with Crippen LogP contribution in [0.5, 0.6) is 0 Å². The van der Waals surface area contributed by atoms with Crippen LogP contribution in [0.2, 0.25) is 0 Å². The molecule has 26 heavy (non-hydrogen) atoms. The summed E-state index contributed by atoms with van der Waals surface area (Å²) in [4.78, 5) is 16.1. The molecule has 0 aliphatic rings. The first-order valence-electron chi connectivity index (χ1n) is 8.51. The molecule has 7 heteroatoms. The summed E-state index contributed by atoms with van der Waals surface area (Å²) in [7, 11) is -3.49. The maximum atomic E-state index is 12.3. The first-order valence-corrected chi connectivity index (χ1v) is 10.4. The highest BCUT2D eigenvalue weighted by Gasteiger charge is 2.22. The van der Waals surface area contributed by atoms with Gasteiger partial charge in [0.05, 0.1) is 11.9 Å². The van der Waals surface area contributed by atoms with Crippen LogP contribution in [-0.4, -0.2) is 32.1 Å². The number of rotatable bonds is 8. The normalized spacial score (nSPS) is 11.4. The lowest BCUT2D eigenvalue weighted by atomic mass is 10.0. The van der Waals surface area contributed by atoms with Gasteiger partial charge < -0.3 is 5.32 Å². The molecule has 2 aromatic rings. The van der Waals surface area contributed by atoms with Gasteiger partial charge in [-0.2, -0.15) is 0 Å². The van der Waals surface area contributed by atoms with E-state index in [1.807, 2.05) is 44.2 Å². The van der Waals surface area contributed by atoms with Crippen molar-refractivity contribution in [3.8, 4) is 0 Å². The lowest BCUT2D eigenvalue weighted by molar-refractivity contribution is -0.121. The zero-order chi connectivity index (χ0) is 19.2. The molecule has 0 atom stereocenters. The van der Waals surface area contributed by atoms with Gasteiger partial charge in [0.2, 0.25) is 15.9 Å². The first-order chi connectivity index (χ1) is 12.3. The summed E-state index contributed by atoms with van der Waals surface area (Å²) >= 11 is 0. The predicted molar refractivity (Wildman–Crippen MR) is 103 cm³/mol. The molecule has 1 heterocycles. The Labute approximate surface area is 155 Å². The number of hydrogen-bond donors (Lipinski definition) is 1. The molecule has 0 saturated heterocycles. The summed E-state index contributed by atoms with van der Waals surface area (Å²) in [5.41, 5.74) is 2.51. The SMILES string of the molecule is CC(C)c1ccccc1N(CCC(=O)NCc1ccncc1)S(C)(=O)=O. The van der Waals surface area contributed by atoms with Crippen LogP contribution < -0.4 is 9.62 Å². The molecule has 0 radical (unpaired) electrons. The number of nitrogens with zero attached hydrogens (tertiary/aromatic N) is 2. The van der Waals surface area contributed by atoms with Crippen LogP contribution in [0, 0.1) is 0 Å². The molecule has 140 valence electrons. The Bertz CT molecular complexity index is 836. The van der Waals surface area contributed by atoms with E-state index < -0.39 is 10.0 Å². The van der Waals surface area contributed by atoms with E-state index in [9.17, 15) is 13.2 Å². The minimum absolute atomic E-state index is 0.0879. The van der Waals surface area contributed by atoms with Crippen molar-refractivity contribution in [1.82, 2.24) is 10.3 Å². The fourth-order valence-electron chi connectivity index (χ4n) is 2.66. The summed E-state index contributed by atoms with van der Waals surface area (Å²) in [5, 5.41) is 2.81. The third kappa shape index (κ3) is 5.56. The number of pyridine rings is 1. The number of carbonyl (C=O) groups excluding carboxylic acids is 1. The van der Waals surface area contributed by atoms with E-state index in [4.69, 9.17) is 0 Å². The molecule has 0 aliphatic heterocycles. The lowest BCUT2D eigenvalue weighted by Crippen LogP contribution is -2.35. The highest BCUT2D eigenvalue weighted by molar-refractivity contribution is 7.92. The van der Waals surface area contributed by atoms with Crippen LogP contribution in [0.4, 0.5) is 5.69 Å². The van der Waals surface area contributed by atoms with Crippen LogP contribution in [0.25, 0.3) is 0 Å². The number of aromatic nitrogens is 1. The van der Waals surface area contributed by atoms with Gasteiger partial charge in [-0.25, -0.2) is 8.42 Å². The third-order valence-electron chi connectivity index (χ3n) is 4.01. The Kier molecular flexibility index (Phi) is 6.74. The highest BCUT2D eigenvalue weighted by atomic mass is 32.2. The quantitative estimate of drug-likeness (QED) is 0.769. The van der Waals surface area contributed by atoms with Gasteiger partial charge in [0, 0.05) is 31.9 Å². The fraction of sp³-hybridized carbons (Fsp3) is 0.368. The zero-order valence-electron chi connectivity index (χ0n) is 15.3. The molecular weight excluding hydrogens is 350 g/mol. The standard InChI is InChI=1S/C19H25N3O3S/c1-15(2)17-6-4-5-7-18(17)22(26(3,24)25)13-10-19(23)21-14-16-8-11-20-12-9-16/h4-9,11-12,15H,10,13-14H2,1-3H3,(H,21,23). The van der Waals surface area contributed by atoms with Crippen molar-refractivity contribution in [3.63, 3.8) is 0 Å².